The van der Waals surface area contributed by atoms with Crippen LogP contribution in [0.25, 0.3) is 0 Å². The zero-order chi connectivity index (χ0) is 9.68. The Kier molecular flexibility index (Phi) is 3.22. The lowest BCUT2D eigenvalue weighted by atomic mass is 10.2. The van der Waals surface area contributed by atoms with Crippen LogP contribution in [0.3, 0.4) is 0 Å². The number of hydrogen-bond donors (Lipinski definition) is 1. The van der Waals surface area contributed by atoms with Crippen molar-refractivity contribution in [1.29, 1.82) is 0 Å². The zero-order valence-electron chi connectivity index (χ0n) is 7.87. The molecule has 0 aliphatic heterocycles. The minimum absolute atomic E-state index is 0.0344. The molecule has 1 aromatic rings. The molecule has 0 aromatic heterocycles. The molecule has 2 heteroatoms. The molecule has 0 spiro atoms. The van der Waals surface area contributed by atoms with Gasteiger partial charge in [0.2, 0.25) is 0 Å². The smallest absolute Gasteiger partial charge is 0.120 e. The van der Waals surface area contributed by atoms with Crippen LogP contribution in [0.2, 0.25) is 0 Å². The first kappa shape index (κ1) is 9.47. The van der Waals surface area contributed by atoms with Crippen molar-refractivity contribution in [2.24, 2.45) is 0 Å². The lowest BCUT2D eigenvalue weighted by Gasteiger charge is -2.09. The number of methoxy groups -OCH3 is 1. The van der Waals surface area contributed by atoms with Gasteiger partial charge in [0, 0.05) is 11.8 Å². The Labute approximate surface area is 78.9 Å². The average molecular weight is 175 g/mol. The van der Waals surface area contributed by atoms with E-state index in [1.165, 1.54) is 0 Å². The Bertz CT molecular complexity index is 314. The first-order chi connectivity index (χ1) is 6.26. The Morgan fingerprint density at radius 1 is 1.54 bits per heavy atom. The van der Waals surface area contributed by atoms with Crippen LogP contribution in [-0.2, 0) is 0 Å². The lowest BCUT2D eigenvalue weighted by molar-refractivity contribution is 0.415. The van der Waals surface area contributed by atoms with Gasteiger partial charge in [-0.2, -0.15) is 0 Å². The van der Waals surface area contributed by atoms with Crippen LogP contribution in [0.4, 0.5) is 5.69 Å². The van der Waals surface area contributed by atoms with Crippen LogP contribution in [-0.4, -0.2) is 13.2 Å². The fourth-order valence-corrected chi connectivity index (χ4v) is 1.00. The maximum Gasteiger partial charge on any atom is 0.120 e. The van der Waals surface area contributed by atoms with Crippen LogP contribution < -0.4 is 10.1 Å². The number of anilines is 1. The fraction of sp³-hybridized carbons (Fsp3) is 0.273. The summed E-state index contributed by atoms with van der Waals surface area (Å²) in [7, 11) is 1.64. The Morgan fingerprint density at radius 3 is 2.92 bits per heavy atom. The number of benzene rings is 1. The van der Waals surface area contributed by atoms with E-state index in [0.29, 0.717) is 0 Å². The van der Waals surface area contributed by atoms with Crippen molar-refractivity contribution in [2.45, 2.75) is 13.0 Å². The van der Waals surface area contributed by atoms with Gasteiger partial charge in [-0.05, 0) is 19.1 Å². The summed E-state index contributed by atoms with van der Waals surface area (Å²) in [6.07, 6.45) is 5.25. The summed E-state index contributed by atoms with van der Waals surface area (Å²) in [5.74, 6) is 3.43. The minimum atomic E-state index is 0.0344. The molecule has 1 atom stereocenters. The molecule has 0 bridgehead atoms. The number of hydrogen-bond acceptors (Lipinski definition) is 2. The van der Waals surface area contributed by atoms with Gasteiger partial charge in [0.25, 0.3) is 0 Å². The Morgan fingerprint density at radius 2 is 2.31 bits per heavy atom. The van der Waals surface area contributed by atoms with Gasteiger partial charge in [0.05, 0.1) is 13.2 Å². The van der Waals surface area contributed by atoms with E-state index in [-0.39, 0.29) is 6.04 Å². The molecule has 0 radical (unpaired) electrons. The van der Waals surface area contributed by atoms with E-state index in [1.807, 2.05) is 31.2 Å². The fourth-order valence-electron chi connectivity index (χ4n) is 1.00. The molecule has 0 amide bonds. The quantitative estimate of drug-likeness (QED) is 0.710. The highest BCUT2D eigenvalue weighted by molar-refractivity contribution is 5.49. The standard InChI is InChI=1S/C11H13NO/c1-4-9(2)12-10-6-5-7-11(8-10)13-3/h1,5-9,12H,2-3H3. The van der Waals surface area contributed by atoms with Gasteiger partial charge in [-0.3, -0.25) is 0 Å². The number of terminal acetylenes is 1. The van der Waals surface area contributed by atoms with Crippen molar-refractivity contribution in [1.82, 2.24) is 0 Å². The molecular weight excluding hydrogens is 162 g/mol. The molecule has 13 heavy (non-hydrogen) atoms. The van der Waals surface area contributed by atoms with Crippen molar-refractivity contribution in [3.8, 4) is 18.1 Å². The highest BCUT2D eigenvalue weighted by atomic mass is 16.5. The first-order valence-electron chi connectivity index (χ1n) is 4.13. The average Bonchev–Trinajstić information content (AvgIpc) is 2.18. The first-order valence-corrected chi connectivity index (χ1v) is 4.13. The molecule has 1 rings (SSSR count). The summed E-state index contributed by atoms with van der Waals surface area (Å²) in [6, 6.07) is 7.72. The van der Waals surface area contributed by atoms with Gasteiger partial charge < -0.3 is 10.1 Å². The maximum atomic E-state index is 5.25. The molecule has 0 saturated heterocycles. The topological polar surface area (TPSA) is 21.3 Å². The van der Waals surface area contributed by atoms with E-state index >= 15 is 0 Å². The second kappa shape index (κ2) is 4.42. The minimum Gasteiger partial charge on any atom is -0.497 e. The third kappa shape index (κ3) is 2.72. The van der Waals surface area contributed by atoms with E-state index in [0.717, 1.165) is 11.4 Å². The zero-order valence-corrected chi connectivity index (χ0v) is 7.87. The van der Waals surface area contributed by atoms with Gasteiger partial charge in [-0.1, -0.05) is 12.0 Å². The van der Waals surface area contributed by atoms with E-state index in [4.69, 9.17) is 11.2 Å². The highest BCUT2D eigenvalue weighted by Gasteiger charge is 1.97. The highest BCUT2D eigenvalue weighted by Crippen LogP contribution is 2.16. The molecule has 0 heterocycles. The summed E-state index contributed by atoms with van der Waals surface area (Å²) < 4.78 is 5.08. The Balaban J connectivity index is 2.73. The number of nitrogens with one attached hydrogen (secondary N) is 1. The summed E-state index contributed by atoms with van der Waals surface area (Å²) in [5.41, 5.74) is 0.977. The van der Waals surface area contributed by atoms with Crippen LogP contribution in [0, 0.1) is 12.3 Å². The van der Waals surface area contributed by atoms with Crippen LogP contribution in [0.5, 0.6) is 5.75 Å². The van der Waals surface area contributed by atoms with Crippen LogP contribution in [0.1, 0.15) is 6.92 Å². The SMILES string of the molecule is C#CC(C)Nc1cccc(OC)c1. The van der Waals surface area contributed by atoms with E-state index in [9.17, 15) is 0 Å². The van der Waals surface area contributed by atoms with Gasteiger partial charge in [-0.25, -0.2) is 0 Å². The van der Waals surface area contributed by atoms with Crippen molar-refractivity contribution < 1.29 is 4.74 Å². The van der Waals surface area contributed by atoms with E-state index < -0.39 is 0 Å². The second-order valence-corrected chi connectivity index (χ2v) is 2.76. The van der Waals surface area contributed by atoms with E-state index in [2.05, 4.69) is 11.2 Å². The number of rotatable bonds is 3. The summed E-state index contributed by atoms with van der Waals surface area (Å²) in [5, 5.41) is 3.15. The van der Waals surface area contributed by atoms with Crippen molar-refractivity contribution in [3.05, 3.63) is 24.3 Å². The molecule has 1 aromatic carbocycles. The summed E-state index contributed by atoms with van der Waals surface area (Å²) in [6.45, 7) is 1.93. The van der Waals surface area contributed by atoms with Gasteiger partial charge in [0.1, 0.15) is 5.75 Å². The van der Waals surface area contributed by atoms with Gasteiger partial charge in [-0.15, -0.1) is 6.42 Å². The summed E-state index contributed by atoms with van der Waals surface area (Å²) >= 11 is 0. The predicted octanol–water partition coefficient (Wildman–Crippen LogP) is 2.13. The van der Waals surface area contributed by atoms with Gasteiger partial charge in [0.15, 0.2) is 0 Å². The molecule has 0 aliphatic rings. The molecule has 68 valence electrons. The largest absolute Gasteiger partial charge is 0.497 e. The summed E-state index contributed by atoms with van der Waals surface area (Å²) in [4.78, 5) is 0. The molecule has 1 unspecified atom stereocenters. The van der Waals surface area contributed by atoms with Gasteiger partial charge >= 0.3 is 0 Å². The molecule has 0 saturated carbocycles. The lowest BCUT2D eigenvalue weighted by Crippen LogP contribution is -2.11. The number of ether oxygens (including phenoxy) is 1. The normalized spacial score (nSPS) is 11.5. The van der Waals surface area contributed by atoms with E-state index in [1.54, 1.807) is 7.11 Å². The molecule has 0 aliphatic carbocycles. The third-order valence-electron chi connectivity index (χ3n) is 1.70. The Hall–Kier alpha value is -1.62. The van der Waals surface area contributed by atoms with Crippen LogP contribution in [0.15, 0.2) is 24.3 Å². The third-order valence-corrected chi connectivity index (χ3v) is 1.70. The van der Waals surface area contributed by atoms with Crippen molar-refractivity contribution in [3.63, 3.8) is 0 Å². The second-order valence-electron chi connectivity index (χ2n) is 2.76. The molecule has 2 nitrogen and oxygen atoms in total. The monoisotopic (exact) mass is 175 g/mol. The predicted molar refractivity (Wildman–Crippen MR) is 54.9 cm³/mol. The molecule has 1 N–H and O–H groups in total. The van der Waals surface area contributed by atoms with Crippen LogP contribution >= 0.6 is 0 Å². The van der Waals surface area contributed by atoms with Crippen molar-refractivity contribution >= 4 is 5.69 Å². The molecule has 0 fully saturated rings. The molecular formula is C11H13NO. The maximum absolute atomic E-state index is 5.25. The van der Waals surface area contributed by atoms with Crippen molar-refractivity contribution in [2.75, 3.05) is 12.4 Å².